The first kappa shape index (κ1) is 10.2. The molecule has 0 N–H and O–H groups in total. The van der Waals surface area contributed by atoms with Gasteiger partial charge in [0.2, 0.25) is 0 Å². The van der Waals surface area contributed by atoms with Crippen molar-refractivity contribution in [3.8, 4) is 0 Å². The molecule has 1 saturated carbocycles. The molecule has 0 aliphatic heterocycles. The molecular weight excluding hydrogens is 263 g/mol. The number of benzene rings is 1. The van der Waals surface area contributed by atoms with E-state index < -0.39 is 0 Å². The Labute approximate surface area is 96.6 Å². The molecule has 0 saturated heterocycles. The number of carbonyl (C=O) groups excluding carboxylic acids is 1. The summed E-state index contributed by atoms with van der Waals surface area (Å²) in [6.45, 7) is 0. The monoisotopic (exact) mass is 272 g/mol. The maximum Gasteiger partial charge on any atom is 0.140 e. The summed E-state index contributed by atoms with van der Waals surface area (Å²) in [4.78, 5) is 11.5. The quantitative estimate of drug-likeness (QED) is 0.757. The standard InChI is InChI=1S/C11H10BrClO/c12-9-6-7(4-5-10(9)13)8-2-1-3-11(8)14/h4-6,8H,1-3H2. The van der Waals surface area contributed by atoms with Crippen LogP contribution in [-0.4, -0.2) is 5.78 Å². The number of halogens is 2. The van der Waals surface area contributed by atoms with Crippen molar-refractivity contribution in [2.45, 2.75) is 25.2 Å². The van der Waals surface area contributed by atoms with Gasteiger partial charge in [0.05, 0.1) is 5.02 Å². The Hall–Kier alpha value is -0.340. The van der Waals surface area contributed by atoms with Crippen LogP contribution in [-0.2, 0) is 4.79 Å². The second kappa shape index (κ2) is 4.03. The third-order valence-corrected chi connectivity index (χ3v) is 3.86. The van der Waals surface area contributed by atoms with Gasteiger partial charge in [-0.2, -0.15) is 0 Å². The van der Waals surface area contributed by atoms with Crippen LogP contribution in [0.2, 0.25) is 5.02 Å². The molecule has 74 valence electrons. The zero-order valence-electron chi connectivity index (χ0n) is 7.59. The molecule has 3 heteroatoms. The summed E-state index contributed by atoms with van der Waals surface area (Å²) in [6, 6.07) is 5.74. The average Bonchev–Trinajstić information content (AvgIpc) is 2.57. The van der Waals surface area contributed by atoms with Gasteiger partial charge in [0.25, 0.3) is 0 Å². The molecule has 0 spiro atoms. The molecule has 14 heavy (non-hydrogen) atoms. The lowest BCUT2D eigenvalue weighted by molar-refractivity contribution is -0.118. The van der Waals surface area contributed by atoms with Gasteiger partial charge in [0, 0.05) is 16.8 Å². The lowest BCUT2D eigenvalue weighted by Crippen LogP contribution is -2.03. The lowest BCUT2D eigenvalue weighted by Gasteiger charge is -2.08. The van der Waals surface area contributed by atoms with E-state index in [9.17, 15) is 4.79 Å². The van der Waals surface area contributed by atoms with Gasteiger partial charge < -0.3 is 0 Å². The van der Waals surface area contributed by atoms with E-state index in [0.29, 0.717) is 10.8 Å². The van der Waals surface area contributed by atoms with E-state index in [1.54, 1.807) is 0 Å². The van der Waals surface area contributed by atoms with E-state index in [2.05, 4.69) is 15.9 Å². The van der Waals surface area contributed by atoms with Crippen molar-refractivity contribution in [3.05, 3.63) is 33.3 Å². The van der Waals surface area contributed by atoms with Crippen LogP contribution < -0.4 is 0 Å². The highest BCUT2D eigenvalue weighted by atomic mass is 79.9. The molecule has 1 aliphatic carbocycles. The fourth-order valence-corrected chi connectivity index (χ4v) is 2.41. The van der Waals surface area contributed by atoms with Gasteiger partial charge >= 0.3 is 0 Å². The zero-order chi connectivity index (χ0) is 10.1. The van der Waals surface area contributed by atoms with Crippen molar-refractivity contribution < 1.29 is 4.79 Å². The number of Topliss-reactive ketones (excluding diaryl/α,β-unsaturated/α-hetero) is 1. The van der Waals surface area contributed by atoms with Gasteiger partial charge in [-0.1, -0.05) is 17.7 Å². The Kier molecular flexibility index (Phi) is 2.93. The van der Waals surface area contributed by atoms with Gasteiger partial charge in [0.1, 0.15) is 5.78 Å². The highest BCUT2D eigenvalue weighted by Gasteiger charge is 2.25. The van der Waals surface area contributed by atoms with Crippen LogP contribution in [0.3, 0.4) is 0 Å². The van der Waals surface area contributed by atoms with E-state index in [4.69, 9.17) is 11.6 Å². The second-order valence-corrected chi connectivity index (χ2v) is 4.85. The van der Waals surface area contributed by atoms with Crippen LogP contribution in [0.15, 0.2) is 22.7 Å². The molecule has 1 aliphatic rings. The normalized spacial score (nSPS) is 21.6. The Morgan fingerprint density at radius 2 is 2.21 bits per heavy atom. The molecule has 1 atom stereocenters. The molecule has 0 aromatic heterocycles. The maximum atomic E-state index is 11.5. The number of hydrogen-bond donors (Lipinski definition) is 0. The number of carbonyl (C=O) groups is 1. The van der Waals surface area contributed by atoms with Gasteiger partial charge in [-0.15, -0.1) is 0 Å². The third kappa shape index (κ3) is 1.86. The van der Waals surface area contributed by atoms with Gasteiger partial charge in [-0.05, 0) is 46.5 Å². The van der Waals surface area contributed by atoms with Crippen molar-refractivity contribution in [1.29, 1.82) is 0 Å². The van der Waals surface area contributed by atoms with E-state index in [-0.39, 0.29) is 5.92 Å². The van der Waals surface area contributed by atoms with Crippen molar-refractivity contribution in [2.75, 3.05) is 0 Å². The highest BCUT2D eigenvalue weighted by molar-refractivity contribution is 9.10. The molecule has 1 unspecified atom stereocenters. The minimum Gasteiger partial charge on any atom is -0.299 e. The first-order valence-corrected chi connectivity index (χ1v) is 5.83. The van der Waals surface area contributed by atoms with Gasteiger partial charge in [-0.25, -0.2) is 0 Å². The van der Waals surface area contributed by atoms with Crippen LogP contribution in [0.5, 0.6) is 0 Å². The molecule has 2 rings (SSSR count). The van der Waals surface area contributed by atoms with Crippen LogP contribution in [0.1, 0.15) is 30.7 Å². The summed E-state index contributed by atoms with van der Waals surface area (Å²) in [5.74, 6) is 0.461. The van der Waals surface area contributed by atoms with Gasteiger partial charge in [0.15, 0.2) is 0 Å². The zero-order valence-corrected chi connectivity index (χ0v) is 9.94. The highest BCUT2D eigenvalue weighted by Crippen LogP contribution is 2.34. The number of hydrogen-bond acceptors (Lipinski definition) is 1. The second-order valence-electron chi connectivity index (χ2n) is 3.58. The van der Waals surface area contributed by atoms with E-state index >= 15 is 0 Å². The van der Waals surface area contributed by atoms with Crippen molar-refractivity contribution >= 4 is 33.3 Å². The molecule has 0 bridgehead atoms. The molecule has 1 aromatic carbocycles. The Bertz CT molecular complexity index is 376. The van der Waals surface area contributed by atoms with Crippen molar-refractivity contribution in [1.82, 2.24) is 0 Å². The predicted octanol–water partition coefficient (Wildman–Crippen LogP) is 3.94. The average molecular weight is 274 g/mol. The topological polar surface area (TPSA) is 17.1 Å². The molecule has 1 aromatic rings. The largest absolute Gasteiger partial charge is 0.299 e. The molecule has 0 radical (unpaired) electrons. The lowest BCUT2D eigenvalue weighted by atomic mass is 9.97. The third-order valence-electron chi connectivity index (χ3n) is 2.65. The summed E-state index contributed by atoms with van der Waals surface area (Å²) in [5.41, 5.74) is 1.09. The maximum absolute atomic E-state index is 11.5. The Morgan fingerprint density at radius 1 is 1.43 bits per heavy atom. The van der Waals surface area contributed by atoms with Crippen LogP contribution >= 0.6 is 27.5 Å². The molecule has 0 heterocycles. The molecule has 1 fully saturated rings. The van der Waals surface area contributed by atoms with E-state index in [1.807, 2.05) is 18.2 Å². The summed E-state index contributed by atoms with van der Waals surface area (Å²) >= 11 is 9.26. The smallest absolute Gasteiger partial charge is 0.140 e. The SMILES string of the molecule is O=C1CCCC1c1ccc(Cl)c(Br)c1. The predicted molar refractivity (Wildman–Crippen MR) is 60.8 cm³/mol. The van der Waals surface area contributed by atoms with Crippen LogP contribution in [0, 0.1) is 0 Å². The first-order valence-electron chi connectivity index (χ1n) is 4.66. The van der Waals surface area contributed by atoms with Crippen molar-refractivity contribution in [2.24, 2.45) is 0 Å². The Morgan fingerprint density at radius 3 is 2.79 bits per heavy atom. The van der Waals surface area contributed by atoms with E-state index in [0.717, 1.165) is 29.3 Å². The summed E-state index contributed by atoms with van der Waals surface area (Å²) in [7, 11) is 0. The number of ketones is 1. The summed E-state index contributed by atoms with van der Waals surface area (Å²) in [6.07, 6.45) is 2.72. The van der Waals surface area contributed by atoms with Crippen LogP contribution in [0.4, 0.5) is 0 Å². The van der Waals surface area contributed by atoms with Crippen molar-refractivity contribution in [3.63, 3.8) is 0 Å². The molecule has 1 nitrogen and oxygen atoms in total. The molecular formula is C11H10BrClO. The summed E-state index contributed by atoms with van der Waals surface area (Å²) < 4.78 is 0.872. The minimum absolute atomic E-state index is 0.101. The molecule has 0 amide bonds. The minimum atomic E-state index is 0.101. The van der Waals surface area contributed by atoms with Gasteiger partial charge in [-0.3, -0.25) is 4.79 Å². The fraction of sp³-hybridized carbons (Fsp3) is 0.364. The van der Waals surface area contributed by atoms with Crippen LogP contribution in [0.25, 0.3) is 0 Å². The Balaban J connectivity index is 2.32. The summed E-state index contributed by atoms with van der Waals surface area (Å²) in [5, 5.41) is 0.694. The first-order chi connectivity index (χ1) is 6.68. The fourth-order valence-electron chi connectivity index (χ4n) is 1.90. The van der Waals surface area contributed by atoms with E-state index in [1.165, 1.54) is 0 Å². The number of rotatable bonds is 1.